The Morgan fingerprint density at radius 1 is 1.07 bits per heavy atom. The lowest BCUT2D eigenvalue weighted by Crippen LogP contribution is -2.05. The predicted molar refractivity (Wildman–Crippen MR) is 106 cm³/mol. The molecule has 0 amide bonds. The van der Waals surface area contributed by atoms with Gasteiger partial charge in [0.1, 0.15) is 23.3 Å². The highest BCUT2D eigenvalue weighted by molar-refractivity contribution is 7.18. The van der Waals surface area contributed by atoms with Gasteiger partial charge in [-0.3, -0.25) is 0 Å². The van der Waals surface area contributed by atoms with Crippen LogP contribution in [0.1, 0.15) is 22.2 Å². The Balaban J connectivity index is 1.53. The maximum atomic E-state index is 9.71. The van der Waals surface area contributed by atoms with Gasteiger partial charge in [0.05, 0.1) is 29.1 Å². The second-order valence-electron chi connectivity index (χ2n) is 5.98. The van der Waals surface area contributed by atoms with Crippen LogP contribution < -0.4 is 9.47 Å². The molecule has 0 radical (unpaired) electrons. The summed E-state index contributed by atoms with van der Waals surface area (Å²) in [7, 11) is 1.63. The number of hydrogen-bond acceptors (Lipinski definition) is 7. The van der Waals surface area contributed by atoms with Crippen molar-refractivity contribution in [2.24, 2.45) is 0 Å². The zero-order valence-corrected chi connectivity index (χ0v) is 15.9. The van der Waals surface area contributed by atoms with Crippen LogP contribution in [0.25, 0.3) is 10.2 Å². The number of fused-ring (bicyclic) bond motifs is 1. The second kappa shape index (κ2) is 8.03. The maximum absolute atomic E-state index is 9.71. The molecule has 0 bridgehead atoms. The molecule has 0 aliphatic rings. The van der Waals surface area contributed by atoms with Gasteiger partial charge in [-0.2, -0.15) is 10.2 Å². The number of nitriles is 1. The first-order chi connectivity index (χ1) is 13.8. The molecule has 2 aromatic carbocycles. The summed E-state index contributed by atoms with van der Waals surface area (Å²) < 4.78 is 11.9. The third kappa shape index (κ3) is 3.77. The SMILES string of the molecule is COc1ccc(COc2nccc(C(C#N)c3nc4ccccc4s3)n2)cc1. The number of methoxy groups -OCH3 is 1. The van der Waals surface area contributed by atoms with E-state index in [2.05, 4.69) is 21.0 Å². The molecule has 0 fully saturated rings. The second-order valence-corrected chi connectivity index (χ2v) is 7.04. The van der Waals surface area contributed by atoms with Crippen LogP contribution in [-0.4, -0.2) is 22.1 Å². The minimum atomic E-state index is -0.566. The Kier molecular flexibility index (Phi) is 5.13. The van der Waals surface area contributed by atoms with Crippen LogP contribution in [0.2, 0.25) is 0 Å². The van der Waals surface area contributed by atoms with Crippen LogP contribution >= 0.6 is 11.3 Å². The van der Waals surface area contributed by atoms with Gasteiger partial charge in [-0.05, 0) is 35.9 Å². The minimum absolute atomic E-state index is 0.231. The van der Waals surface area contributed by atoms with Crippen LogP contribution in [0.5, 0.6) is 11.8 Å². The third-order valence-corrected chi connectivity index (χ3v) is 5.27. The first-order valence-corrected chi connectivity index (χ1v) is 9.42. The first-order valence-electron chi connectivity index (χ1n) is 8.60. The fourth-order valence-corrected chi connectivity index (χ4v) is 3.74. The van der Waals surface area contributed by atoms with Gasteiger partial charge >= 0.3 is 6.01 Å². The van der Waals surface area contributed by atoms with E-state index in [-0.39, 0.29) is 6.01 Å². The third-order valence-electron chi connectivity index (χ3n) is 4.16. The van der Waals surface area contributed by atoms with Crippen LogP contribution in [0.15, 0.2) is 60.8 Å². The maximum Gasteiger partial charge on any atom is 0.316 e. The number of nitrogens with zero attached hydrogens (tertiary/aromatic N) is 4. The monoisotopic (exact) mass is 388 g/mol. The molecule has 0 saturated carbocycles. The van der Waals surface area contributed by atoms with E-state index in [1.807, 2.05) is 48.5 Å². The average Bonchev–Trinajstić information content (AvgIpc) is 3.17. The lowest BCUT2D eigenvalue weighted by molar-refractivity contribution is 0.279. The molecule has 4 rings (SSSR count). The lowest BCUT2D eigenvalue weighted by atomic mass is 10.1. The summed E-state index contributed by atoms with van der Waals surface area (Å²) in [6.45, 7) is 0.325. The topological polar surface area (TPSA) is 80.9 Å². The molecule has 138 valence electrons. The normalized spacial score (nSPS) is 11.7. The van der Waals surface area contributed by atoms with E-state index in [1.165, 1.54) is 11.3 Å². The number of benzene rings is 2. The van der Waals surface area contributed by atoms with Crippen molar-refractivity contribution in [3.05, 3.63) is 77.1 Å². The van der Waals surface area contributed by atoms with E-state index in [4.69, 9.17) is 9.47 Å². The number of aromatic nitrogens is 3. The van der Waals surface area contributed by atoms with Crippen molar-refractivity contribution in [2.75, 3.05) is 7.11 Å². The zero-order valence-electron chi connectivity index (χ0n) is 15.1. The van der Waals surface area contributed by atoms with Gasteiger partial charge in [0.15, 0.2) is 0 Å². The molecule has 1 unspecified atom stereocenters. The predicted octanol–water partition coefficient (Wildman–Crippen LogP) is 4.33. The van der Waals surface area contributed by atoms with Crippen molar-refractivity contribution in [3.8, 4) is 17.8 Å². The van der Waals surface area contributed by atoms with Crippen molar-refractivity contribution in [3.63, 3.8) is 0 Å². The molecule has 0 aliphatic heterocycles. The van der Waals surface area contributed by atoms with Crippen molar-refractivity contribution in [1.82, 2.24) is 15.0 Å². The van der Waals surface area contributed by atoms with Crippen molar-refractivity contribution >= 4 is 21.6 Å². The number of hydrogen-bond donors (Lipinski definition) is 0. The Labute approximate surface area is 166 Å². The average molecular weight is 388 g/mol. The van der Waals surface area contributed by atoms with E-state index in [9.17, 15) is 5.26 Å². The molecular formula is C21H16N4O2S. The van der Waals surface area contributed by atoms with E-state index < -0.39 is 5.92 Å². The summed E-state index contributed by atoms with van der Waals surface area (Å²) in [6, 6.07) is 19.7. The largest absolute Gasteiger partial charge is 0.497 e. The van der Waals surface area contributed by atoms with Crippen LogP contribution in [0.4, 0.5) is 0 Å². The molecule has 0 spiro atoms. The van der Waals surface area contributed by atoms with Crippen LogP contribution in [0.3, 0.4) is 0 Å². The molecule has 7 heteroatoms. The first kappa shape index (κ1) is 17.9. The zero-order chi connectivity index (χ0) is 19.3. The van der Waals surface area contributed by atoms with Gasteiger partial charge in [0, 0.05) is 6.20 Å². The van der Waals surface area contributed by atoms with E-state index >= 15 is 0 Å². The molecule has 0 N–H and O–H groups in total. The molecular weight excluding hydrogens is 372 g/mol. The molecule has 1 atom stereocenters. The number of thiazole rings is 1. The number of rotatable bonds is 6. The van der Waals surface area contributed by atoms with Crippen LogP contribution in [0, 0.1) is 11.3 Å². The van der Waals surface area contributed by atoms with Crippen molar-refractivity contribution in [1.29, 1.82) is 5.26 Å². The van der Waals surface area contributed by atoms with Crippen LogP contribution in [-0.2, 0) is 6.61 Å². The molecule has 4 aromatic rings. The Hall–Kier alpha value is -3.50. The summed E-state index contributed by atoms with van der Waals surface area (Å²) in [5.41, 5.74) is 2.42. The van der Waals surface area contributed by atoms with Gasteiger partial charge in [-0.25, -0.2) is 9.97 Å². The highest BCUT2D eigenvalue weighted by Crippen LogP contribution is 2.31. The molecule has 6 nitrogen and oxygen atoms in total. The van der Waals surface area contributed by atoms with Crippen molar-refractivity contribution < 1.29 is 9.47 Å². The fourth-order valence-electron chi connectivity index (χ4n) is 2.72. The smallest absolute Gasteiger partial charge is 0.316 e. The van der Waals surface area contributed by atoms with Gasteiger partial charge in [-0.15, -0.1) is 11.3 Å². The molecule has 28 heavy (non-hydrogen) atoms. The molecule has 2 heterocycles. The Morgan fingerprint density at radius 2 is 1.89 bits per heavy atom. The Morgan fingerprint density at radius 3 is 2.64 bits per heavy atom. The highest BCUT2D eigenvalue weighted by atomic mass is 32.1. The number of para-hydroxylation sites is 1. The molecule has 0 aliphatic carbocycles. The van der Waals surface area contributed by atoms with Gasteiger partial charge in [0.2, 0.25) is 0 Å². The Bertz CT molecular complexity index is 1100. The highest BCUT2D eigenvalue weighted by Gasteiger charge is 2.20. The lowest BCUT2D eigenvalue weighted by Gasteiger charge is -2.08. The minimum Gasteiger partial charge on any atom is -0.497 e. The standard InChI is InChI=1S/C21H16N4O2S/c1-26-15-8-6-14(7-9-15)13-27-21-23-11-10-17(25-21)16(12-22)20-24-18-4-2-3-5-19(18)28-20/h2-11,16H,13H2,1H3. The number of ether oxygens (including phenoxy) is 2. The summed E-state index contributed by atoms with van der Waals surface area (Å²) in [5, 5.41) is 10.4. The summed E-state index contributed by atoms with van der Waals surface area (Å²) in [4.78, 5) is 13.2. The van der Waals surface area contributed by atoms with Gasteiger partial charge in [-0.1, -0.05) is 24.3 Å². The summed E-state index contributed by atoms with van der Waals surface area (Å²) in [5.74, 6) is 0.221. The quantitative estimate of drug-likeness (QED) is 0.489. The van der Waals surface area contributed by atoms with Gasteiger partial charge < -0.3 is 9.47 Å². The van der Waals surface area contributed by atoms with Crippen molar-refractivity contribution in [2.45, 2.75) is 12.5 Å². The molecule has 0 saturated heterocycles. The van der Waals surface area contributed by atoms with E-state index in [0.29, 0.717) is 17.3 Å². The van der Waals surface area contributed by atoms with Gasteiger partial charge in [0.25, 0.3) is 0 Å². The summed E-state index contributed by atoms with van der Waals surface area (Å²) in [6.07, 6.45) is 1.60. The van der Waals surface area contributed by atoms with E-state index in [1.54, 1.807) is 19.4 Å². The molecule has 2 aromatic heterocycles. The van der Waals surface area contributed by atoms with E-state index in [0.717, 1.165) is 21.5 Å². The fraction of sp³-hybridized carbons (Fsp3) is 0.143. The summed E-state index contributed by atoms with van der Waals surface area (Å²) >= 11 is 1.50.